The number of amides is 2. The fourth-order valence-electron chi connectivity index (χ4n) is 1.54. The van der Waals surface area contributed by atoms with E-state index in [0.29, 0.717) is 19.0 Å². The van der Waals surface area contributed by atoms with Gasteiger partial charge in [-0.15, -0.1) is 0 Å². The normalized spacial score (nSPS) is 10.8. The molecule has 0 aliphatic heterocycles. The van der Waals surface area contributed by atoms with Crippen molar-refractivity contribution in [3.63, 3.8) is 0 Å². The van der Waals surface area contributed by atoms with E-state index in [9.17, 15) is 9.59 Å². The quantitative estimate of drug-likeness (QED) is 0.729. The van der Waals surface area contributed by atoms with E-state index >= 15 is 0 Å². The topological polar surface area (TPSA) is 64.1 Å². The SMILES string of the molecule is CC(C)CN(CCN(C)C)C(=O)N(C)CC(=O)O. The van der Waals surface area contributed by atoms with Crippen LogP contribution in [0.5, 0.6) is 0 Å². The Morgan fingerprint density at radius 1 is 1.11 bits per heavy atom. The molecule has 0 radical (unpaired) electrons. The van der Waals surface area contributed by atoms with Crippen LogP contribution < -0.4 is 0 Å². The Bertz CT molecular complexity index is 280. The highest BCUT2D eigenvalue weighted by molar-refractivity contribution is 5.79. The van der Waals surface area contributed by atoms with E-state index in [4.69, 9.17) is 5.11 Å². The van der Waals surface area contributed by atoms with Gasteiger partial charge in [0.2, 0.25) is 0 Å². The van der Waals surface area contributed by atoms with Gasteiger partial charge in [0, 0.05) is 26.7 Å². The number of hydrogen-bond donors (Lipinski definition) is 1. The van der Waals surface area contributed by atoms with Gasteiger partial charge >= 0.3 is 12.0 Å². The van der Waals surface area contributed by atoms with Crippen molar-refractivity contribution >= 4 is 12.0 Å². The van der Waals surface area contributed by atoms with Crippen LogP contribution in [0.4, 0.5) is 4.79 Å². The molecule has 0 heterocycles. The Labute approximate surface area is 109 Å². The zero-order valence-corrected chi connectivity index (χ0v) is 12.0. The third-order valence-corrected chi connectivity index (χ3v) is 2.37. The van der Waals surface area contributed by atoms with Gasteiger partial charge in [0.15, 0.2) is 0 Å². The third-order valence-electron chi connectivity index (χ3n) is 2.37. The molecule has 0 aromatic rings. The van der Waals surface area contributed by atoms with Gasteiger partial charge in [-0.05, 0) is 20.0 Å². The summed E-state index contributed by atoms with van der Waals surface area (Å²) in [5, 5.41) is 8.69. The summed E-state index contributed by atoms with van der Waals surface area (Å²) in [6, 6.07) is -0.229. The predicted molar refractivity (Wildman–Crippen MR) is 70.6 cm³/mol. The zero-order chi connectivity index (χ0) is 14.3. The molecular weight excluding hydrogens is 234 g/mol. The number of rotatable bonds is 7. The van der Waals surface area contributed by atoms with Crippen LogP contribution in [0.15, 0.2) is 0 Å². The van der Waals surface area contributed by atoms with E-state index in [1.54, 1.807) is 4.90 Å². The molecule has 0 rings (SSSR count). The van der Waals surface area contributed by atoms with E-state index in [1.807, 2.05) is 32.8 Å². The molecule has 0 spiro atoms. The molecule has 0 aromatic carbocycles. The van der Waals surface area contributed by atoms with Crippen LogP contribution in [0.3, 0.4) is 0 Å². The molecule has 0 saturated carbocycles. The fourth-order valence-corrected chi connectivity index (χ4v) is 1.54. The van der Waals surface area contributed by atoms with E-state index in [1.165, 1.54) is 11.9 Å². The van der Waals surface area contributed by atoms with Gasteiger partial charge in [0.1, 0.15) is 6.54 Å². The molecule has 0 aromatic heterocycles. The van der Waals surface area contributed by atoms with Gasteiger partial charge in [-0.1, -0.05) is 13.8 Å². The first kappa shape index (κ1) is 16.7. The summed E-state index contributed by atoms with van der Waals surface area (Å²) in [6.45, 7) is 5.81. The number of hydrogen-bond acceptors (Lipinski definition) is 3. The van der Waals surface area contributed by atoms with E-state index in [-0.39, 0.29) is 12.6 Å². The highest BCUT2D eigenvalue weighted by atomic mass is 16.4. The zero-order valence-electron chi connectivity index (χ0n) is 12.0. The predicted octanol–water partition coefficient (Wildman–Crippen LogP) is 0.642. The molecule has 0 aliphatic carbocycles. The Morgan fingerprint density at radius 3 is 2.06 bits per heavy atom. The first-order valence-corrected chi connectivity index (χ1v) is 6.10. The molecule has 0 bridgehead atoms. The summed E-state index contributed by atoms with van der Waals surface area (Å²) in [6.07, 6.45) is 0. The van der Waals surface area contributed by atoms with E-state index in [2.05, 4.69) is 0 Å². The van der Waals surface area contributed by atoms with Gasteiger partial charge in [-0.2, -0.15) is 0 Å². The summed E-state index contributed by atoms with van der Waals surface area (Å²) in [7, 11) is 5.40. The molecule has 6 heteroatoms. The molecular formula is C12H25N3O3. The van der Waals surface area contributed by atoms with Gasteiger partial charge in [0.25, 0.3) is 0 Å². The van der Waals surface area contributed by atoms with E-state index in [0.717, 1.165) is 6.54 Å². The maximum atomic E-state index is 12.1. The molecule has 0 fully saturated rings. The Morgan fingerprint density at radius 2 is 1.67 bits per heavy atom. The third kappa shape index (κ3) is 7.11. The number of aliphatic carboxylic acids is 1. The smallest absolute Gasteiger partial charge is 0.323 e. The Kier molecular flexibility index (Phi) is 7.35. The molecule has 18 heavy (non-hydrogen) atoms. The average molecular weight is 259 g/mol. The standard InChI is InChI=1S/C12H25N3O3/c1-10(2)8-15(7-6-13(3)4)12(18)14(5)9-11(16)17/h10H,6-9H2,1-5H3,(H,16,17). The van der Waals surface area contributed by atoms with Crippen LogP contribution in [0.25, 0.3) is 0 Å². The summed E-state index contributed by atoms with van der Waals surface area (Å²) in [5.41, 5.74) is 0. The van der Waals surface area contributed by atoms with Crippen LogP contribution in [-0.4, -0.2) is 79.1 Å². The van der Waals surface area contributed by atoms with Crippen molar-refractivity contribution in [1.82, 2.24) is 14.7 Å². The second kappa shape index (κ2) is 7.92. The summed E-state index contributed by atoms with van der Waals surface area (Å²) in [4.78, 5) is 27.6. The monoisotopic (exact) mass is 259 g/mol. The average Bonchev–Trinajstić information content (AvgIpc) is 2.21. The highest BCUT2D eigenvalue weighted by Crippen LogP contribution is 2.03. The van der Waals surface area contributed by atoms with Crippen molar-refractivity contribution in [1.29, 1.82) is 0 Å². The molecule has 0 aliphatic rings. The van der Waals surface area contributed by atoms with Crippen molar-refractivity contribution in [3.05, 3.63) is 0 Å². The first-order chi connectivity index (χ1) is 8.23. The van der Waals surface area contributed by atoms with Gasteiger partial charge in [-0.3, -0.25) is 4.79 Å². The van der Waals surface area contributed by atoms with Crippen molar-refractivity contribution in [3.8, 4) is 0 Å². The Balaban J connectivity index is 4.52. The molecule has 1 N–H and O–H groups in total. The van der Waals surface area contributed by atoms with Crippen LogP contribution >= 0.6 is 0 Å². The molecule has 0 saturated heterocycles. The number of urea groups is 1. The lowest BCUT2D eigenvalue weighted by molar-refractivity contribution is -0.137. The lowest BCUT2D eigenvalue weighted by Gasteiger charge is -2.29. The molecule has 0 atom stereocenters. The second-order valence-electron chi connectivity index (χ2n) is 5.18. The maximum absolute atomic E-state index is 12.1. The lowest BCUT2D eigenvalue weighted by Crippen LogP contribution is -2.46. The summed E-state index contributed by atoms with van der Waals surface area (Å²) < 4.78 is 0. The van der Waals surface area contributed by atoms with Crippen LogP contribution in [0, 0.1) is 5.92 Å². The number of carbonyl (C=O) groups is 2. The molecule has 106 valence electrons. The summed E-state index contributed by atoms with van der Waals surface area (Å²) in [5.74, 6) is -0.641. The van der Waals surface area contributed by atoms with Gasteiger partial charge in [-0.25, -0.2) is 4.79 Å². The van der Waals surface area contributed by atoms with Crippen molar-refractivity contribution in [2.24, 2.45) is 5.92 Å². The van der Waals surface area contributed by atoms with E-state index < -0.39 is 5.97 Å². The Hall–Kier alpha value is -1.30. The molecule has 0 unspecified atom stereocenters. The van der Waals surface area contributed by atoms with Crippen LogP contribution in [0.2, 0.25) is 0 Å². The minimum atomic E-state index is -0.997. The van der Waals surface area contributed by atoms with Gasteiger partial charge in [0.05, 0.1) is 0 Å². The van der Waals surface area contributed by atoms with Crippen LogP contribution in [0.1, 0.15) is 13.8 Å². The van der Waals surface area contributed by atoms with Crippen molar-refractivity contribution < 1.29 is 14.7 Å². The number of carbonyl (C=O) groups excluding carboxylic acids is 1. The molecule has 6 nitrogen and oxygen atoms in total. The highest BCUT2D eigenvalue weighted by Gasteiger charge is 2.20. The fraction of sp³-hybridized carbons (Fsp3) is 0.833. The van der Waals surface area contributed by atoms with Crippen molar-refractivity contribution in [2.45, 2.75) is 13.8 Å². The number of likely N-dealkylation sites (N-methyl/N-ethyl adjacent to an activating group) is 2. The molecule has 2 amide bonds. The number of carboxylic acids is 1. The minimum Gasteiger partial charge on any atom is -0.480 e. The van der Waals surface area contributed by atoms with Crippen molar-refractivity contribution in [2.75, 3.05) is 47.3 Å². The minimum absolute atomic E-state index is 0.229. The largest absolute Gasteiger partial charge is 0.480 e. The maximum Gasteiger partial charge on any atom is 0.323 e. The summed E-state index contributed by atoms with van der Waals surface area (Å²) >= 11 is 0. The number of carboxylic acid groups (broad SMARTS) is 1. The van der Waals surface area contributed by atoms with Crippen LogP contribution in [-0.2, 0) is 4.79 Å². The number of nitrogens with zero attached hydrogens (tertiary/aromatic N) is 3. The second-order valence-corrected chi connectivity index (χ2v) is 5.18. The lowest BCUT2D eigenvalue weighted by atomic mass is 10.2. The first-order valence-electron chi connectivity index (χ1n) is 6.10. The van der Waals surface area contributed by atoms with Gasteiger partial charge < -0.3 is 19.8 Å².